The predicted octanol–water partition coefficient (Wildman–Crippen LogP) is 4.76. The summed E-state index contributed by atoms with van der Waals surface area (Å²) in [7, 11) is 1.86. The second kappa shape index (κ2) is 8.41. The van der Waals surface area contributed by atoms with E-state index in [0.717, 1.165) is 47.5 Å². The Balaban J connectivity index is 1.88. The Morgan fingerprint density at radius 1 is 1.15 bits per heavy atom. The minimum absolute atomic E-state index is 0.255. The van der Waals surface area contributed by atoms with Gasteiger partial charge >= 0.3 is 0 Å². The summed E-state index contributed by atoms with van der Waals surface area (Å²) in [5.41, 5.74) is 2.56. The van der Waals surface area contributed by atoms with Crippen LogP contribution in [0.5, 0.6) is 0 Å². The number of hydrogen-bond donors (Lipinski definition) is 1. The van der Waals surface area contributed by atoms with Crippen molar-refractivity contribution >= 4 is 22.9 Å². The van der Waals surface area contributed by atoms with E-state index < -0.39 is 5.41 Å². The van der Waals surface area contributed by atoms with Crippen LogP contribution in [0.15, 0.2) is 59.8 Å². The Kier molecular flexibility index (Phi) is 5.99. The summed E-state index contributed by atoms with van der Waals surface area (Å²) in [5, 5.41) is 7.67. The smallest absolute Gasteiger partial charge is 0.142 e. The van der Waals surface area contributed by atoms with E-state index in [-0.39, 0.29) is 5.82 Å². The monoisotopic (exact) mass is 370 g/mol. The molecule has 0 amide bonds. The summed E-state index contributed by atoms with van der Waals surface area (Å²) in [4.78, 5) is 6.42. The highest BCUT2D eigenvalue weighted by molar-refractivity contribution is 7.80. The highest BCUT2D eigenvalue weighted by Crippen LogP contribution is 2.38. The van der Waals surface area contributed by atoms with Crippen LogP contribution in [0.3, 0.4) is 0 Å². The van der Waals surface area contributed by atoms with Gasteiger partial charge in [-0.15, -0.1) is 0 Å². The maximum Gasteiger partial charge on any atom is 0.142 e. The molecule has 1 aliphatic rings. The summed E-state index contributed by atoms with van der Waals surface area (Å²) >= 11 is 5.72. The van der Waals surface area contributed by atoms with Gasteiger partial charge in [0.1, 0.15) is 12.4 Å². The summed E-state index contributed by atoms with van der Waals surface area (Å²) in [5.74, 6) is -0.255. The summed E-state index contributed by atoms with van der Waals surface area (Å²) < 4.78 is 13.0. The van der Waals surface area contributed by atoms with Crippen LogP contribution in [0.1, 0.15) is 36.8 Å². The van der Waals surface area contributed by atoms with Gasteiger partial charge in [0, 0.05) is 7.05 Å². The van der Waals surface area contributed by atoms with Gasteiger partial charge in [-0.25, -0.2) is 4.39 Å². The molecule has 0 bridgehead atoms. The minimum Gasteiger partial charge on any atom is -0.391 e. The molecule has 1 atom stereocenters. The molecule has 0 radical (unpaired) electrons. The summed E-state index contributed by atoms with van der Waals surface area (Å²) in [6, 6.07) is 16.5. The van der Waals surface area contributed by atoms with E-state index in [0.29, 0.717) is 6.61 Å². The highest BCUT2D eigenvalue weighted by atomic mass is 32.1. The van der Waals surface area contributed by atoms with Crippen LogP contribution in [-0.4, -0.2) is 17.7 Å². The van der Waals surface area contributed by atoms with Crippen molar-refractivity contribution in [3.05, 3.63) is 71.5 Å². The van der Waals surface area contributed by atoms with Crippen LogP contribution < -0.4 is 5.32 Å². The van der Waals surface area contributed by atoms with E-state index in [4.69, 9.17) is 17.1 Å². The maximum atomic E-state index is 13.0. The van der Waals surface area contributed by atoms with Crippen molar-refractivity contribution in [1.29, 1.82) is 0 Å². The van der Waals surface area contributed by atoms with E-state index in [9.17, 15) is 4.39 Å². The minimum atomic E-state index is -0.424. The van der Waals surface area contributed by atoms with E-state index in [1.165, 1.54) is 12.1 Å². The zero-order chi connectivity index (χ0) is 18.4. The van der Waals surface area contributed by atoms with Crippen LogP contribution in [0.25, 0.3) is 0 Å². The molecule has 1 N–H and O–H groups in total. The molecule has 3 nitrogen and oxygen atoms in total. The number of nitrogens with one attached hydrogen (secondary N) is 1. The van der Waals surface area contributed by atoms with Gasteiger partial charge in [-0.2, -0.15) is 0 Å². The lowest BCUT2D eigenvalue weighted by Gasteiger charge is -2.39. The van der Waals surface area contributed by atoms with E-state index in [1.807, 2.05) is 25.2 Å². The van der Waals surface area contributed by atoms with Crippen LogP contribution in [0.4, 0.5) is 4.39 Å². The third kappa shape index (κ3) is 3.78. The molecule has 1 saturated carbocycles. The zero-order valence-electron chi connectivity index (χ0n) is 14.9. The van der Waals surface area contributed by atoms with Crippen molar-refractivity contribution in [1.82, 2.24) is 5.32 Å². The lowest BCUT2D eigenvalue weighted by atomic mass is 9.67. The second-order valence-corrected chi connectivity index (χ2v) is 6.90. The third-order valence-corrected chi connectivity index (χ3v) is 5.46. The average molecular weight is 370 g/mol. The highest BCUT2D eigenvalue weighted by Gasteiger charge is 2.43. The van der Waals surface area contributed by atoms with Crippen LogP contribution in [0, 0.1) is 5.82 Å². The topological polar surface area (TPSA) is 33.6 Å². The molecule has 0 heterocycles. The normalized spacial score (nSPS) is 21.4. The van der Waals surface area contributed by atoms with Gasteiger partial charge in [-0.1, -0.05) is 66.3 Å². The average Bonchev–Trinajstić information content (AvgIpc) is 2.70. The van der Waals surface area contributed by atoms with Crippen molar-refractivity contribution in [3.63, 3.8) is 0 Å². The number of benzene rings is 2. The number of oxime groups is 1. The van der Waals surface area contributed by atoms with Crippen molar-refractivity contribution in [2.45, 2.75) is 37.7 Å². The molecule has 0 spiro atoms. The molecule has 136 valence electrons. The lowest BCUT2D eigenvalue weighted by molar-refractivity contribution is 0.127. The number of nitrogens with zero attached hydrogens (tertiary/aromatic N) is 1. The predicted molar refractivity (Wildman–Crippen MR) is 107 cm³/mol. The largest absolute Gasteiger partial charge is 0.391 e. The zero-order valence-corrected chi connectivity index (χ0v) is 15.7. The molecule has 0 aliphatic heterocycles. The lowest BCUT2D eigenvalue weighted by Crippen LogP contribution is -2.50. The molecule has 5 heteroatoms. The summed E-state index contributed by atoms with van der Waals surface area (Å²) in [6.45, 7) is 0.307. The first-order valence-corrected chi connectivity index (χ1v) is 9.29. The Bertz CT molecular complexity index is 776. The van der Waals surface area contributed by atoms with Gasteiger partial charge in [0.25, 0.3) is 0 Å². The van der Waals surface area contributed by atoms with Gasteiger partial charge in [0.05, 0.1) is 16.1 Å². The van der Waals surface area contributed by atoms with Gasteiger partial charge in [-0.3, -0.25) is 0 Å². The maximum absolute atomic E-state index is 13.0. The number of rotatable bonds is 5. The number of halogens is 1. The van der Waals surface area contributed by atoms with E-state index in [1.54, 1.807) is 12.1 Å². The van der Waals surface area contributed by atoms with Crippen molar-refractivity contribution in [2.75, 3.05) is 7.05 Å². The quantitative estimate of drug-likeness (QED) is 0.609. The van der Waals surface area contributed by atoms with Crippen molar-refractivity contribution in [2.24, 2.45) is 5.16 Å². The summed E-state index contributed by atoms with van der Waals surface area (Å²) in [6.07, 6.45) is 3.92. The fraction of sp³-hybridized carbons (Fsp3) is 0.333. The van der Waals surface area contributed by atoms with Crippen molar-refractivity contribution < 1.29 is 9.23 Å². The Morgan fingerprint density at radius 2 is 1.88 bits per heavy atom. The van der Waals surface area contributed by atoms with Gasteiger partial charge in [-0.05, 0) is 42.5 Å². The molecule has 1 fully saturated rings. The van der Waals surface area contributed by atoms with Gasteiger partial charge < -0.3 is 10.2 Å². The number of likely N-dealkylation sites (N-methyl/N-ethyl adjacent to an activating group) is 1. The fourth-order valence-corrected chi connectivity index (χ4v) is 3.89. The molecular weight excluding hydrogens is 347 g/mol. The second-order valence-electron chi connectivity index (χ2n) is 6.50. The Labute approximate surface area is 159 Å². The first kappa shape index (κ1) is 18.5. The molecule has 0 aromatic heterocycles. The molecule has 26 heavy (non-hydrogen) atoms. The molecule has 2 aromatic carbocycles. The first-order valence-electron chi connectivity index (χ1n) is 8.88. The molecule has 2 aromatic rings. The Morgan fingerprint density at radius 3 is 2.58 bits per heavy atom. The standard InChI is InChI=1S/C21H23FN2OS/c1-23-20(26)21(17-7-3-2-4-8-17)14-6-5-9-19(21)24-25-15-16-10-12-18(22)13-11-16/h2-4,7-8,10-13H,5-6,9,14-15H2,1H3,(H,23,26)/b24-19+. The van der Waals surface area contributed by atoms with E-state index >= 15 is 0 Å². The molecule has 1 aliphatic carbocycles. The SMILES string of the molecule is CNC(=S)C1(c2ccccc2)CCCC/C1=N\OCc1ccc(F)cc1. The van der Waals surface area contributed by atoms with Gasteiger partial charge in [0.2, 0.25) is 0 Å². The molecule has 0 saturated heterocycles. The van der Waals surface area contributed by atoms with Crippen LogP contribution in [0.2, 0.25) is 0 Å². The Hall–Kier alpha value is -2.27. The van der Waals surface area contributed by atoms with Crippen LogP contribution >= 0.6 is 12.2 Å². The van der Waals surface area contributed by atoms with Crippen LogP contribution in [-0.2, 0) is 16.9 Å². The third-order valence-electron chi connectivity index (χ3n) is 4.91. The van der Waals surface area contributed by atoms with Gasteiger partial charge in [0.15, 0.2) is 0 Å². The molecule has 1 unspecified atom stereocenters. The first-order chi connectivity index (χ1) is 12.7. The fourth-order valence-electron chi connectivity index (χ4n) is 3.55. The molecular formula is C21H23FN2OS. The number of hydrogen-bond acceptors (Lipinski definition) is 3. The van der Waals surface area contributed by atoms with Crippen molar-refractivity contribution in [3.8, 4) is 0 Å². The molecule has 3 rings (SSSR count). The number of thiocarbonyl (C=S) groups is 1. The van der Waals surface area contributed by atoms with E-state index in [2.05, 4.69) is 22.6 Å².